The van der Waals surface area contributed by atoms with Crippen LogP contribution < -0.4 is 20.6 Å². The van der Waals surface area contributed by atoms with Gasteiger partial charge in [0.05, 0.1) is 11.4 Å². The van der Waals surface area contributed by atoms with Crippen molar-refractivity contribution in [1.29, 1.82) is 0 Å². The molecule has 3 heterocycles. The highest BCUT2D eigenvalue weighted by molar-refractivity contribution is 6.94. The second-order valence-corrected chi connectivity index (χ2v) is 16.4. The maximum absolute atomic E-state index is 2.69. The Balaban J connectivity index is 1.41. The summed E-state index contributed by atoms with van der Waals surface area (Å²) < 4.78 is 0. The molecule has 2 nitrogen and oxygen atoms in total. The molecule has 48 heavy (non-hydrogen) atoms. The SMILES string of the molecule is CC1(C)CCC(C)(C)c2cc3c(cc21)-c1cc2ccccc2c2c1B(c1cccc4c1N2c1ccccc1C4(C)C)N3c1ccccc1. The van der Waals surface area contributed by atoms with Gasteiger partial charge in [0.2, 0.25) is 0 Å². The van der Waals surface area contributed by atoms with E-state index < -0.39 is 0 Å². The molecule has 0 radical (unpaired) electrons. The summed E-state index contributed by atoms with van der Waals surface area (Å²) in [6, 6.07) is 44.2. The van der Waals surface area contributed by atoms with E-state index in [2.05, 4.69) is 167 Å². The minimum Gasteiger partial charge on any atom is -0.376 e. The van der Waals surface area contributed by atoms with E-state index in [0.717, 1.165) is 0 Å². The van der Waals surface area contributed by atoms with Crippen molar-refractivity contribution in [2.45, 2.75) is 70.6 Å². The predicted molar refractivity (Wildman–Crippen MR) is 205 cm³/mol. The van der Waals surface area contributed by atoms with Crippen molar-refractivity contribution in [2.24, 2.45) is 0 Å². The first-order valence-corrected chi connectivity index (χ1v) is 17.7. The number of rotatable bonds is 1. The largest absolute Gasteiger partial charge is 0.376 e. The zero-order valence-electron chi connectivity index (χ0n) is 28.9. The highest BCUT2D eigenvalue weighted by Gasteiger charge is 2.50. The monoisotopic (exact) mass is 620 g/mol. The van der Waals surface area contributed by atoms with E-state index in [1.165, 1.54) is 96.4 Å². The number of para-hydroxylation sites is 3. The molecular formula is C45H41BN2. The Kier molecular flexibility index (Phi) is 5.44. The summed E-state index contributed by atoms with van der Waals surface area (Å²) in [6.45, 7) is 14.7. The number of nitrogens with zero attached hydrogens (tertiary/aromatic N) is 2. The maximum atomic E-state index is 2.69. The summed E-state index contributed by atoms with van der Waals surface area (Å²) in [5.74, 6) is 0. The molecule has 0 atom stereocenters. The lowest BCUT2D eigenvalue weighted by molar-refractivity contribution is 0.332. The Morgan fingerprint density at radius 3 is 2.00 bits per heavy atom. The summed E-state index contributed by atoms with van der Waals surface area (Å²) in [6.07, 6.45) is 2.39. The van der Waals surface area contributed by atoms with Gasteiger partial charge in [-0.25, -0.2) is 0 Å². The van der Waals surface area contributed by atoms with Gasteiger partial charge < -0.3 is 9.71 Å². The molecule has 1 aliphatic carbocycles. The second-order valence-electron chi connectivity index (χ2n) is 16.4. The molecule has 234 valence electrons. The van der Waals surface area contributed by atoms with Gasteiger partial charge in [0.1, 0.15) is 0 Å². The fraction of sp³-hybridized carbons (Fsp3) is 0.244. The minimum atomic E-state index is -0.137. The lowest BCUT2D eigenvalue weighted by Gasteiger charge is -2.51. The lowest BCUT2D eigenvalue weighted by Crippen LogP contribution is -2.62. The first kappa shape index (κ1) is 28.3. The van der Waals surface area contributed by atoms with E-state index in [1.807, 2.05) is 0 Å². The average Bonchev–Trinajstić information content (AvgIpc) is 3.09. The predicted octanol–water partition coefficient (Wildman–Crippen LogP) is 10.5. The molecule has 0 saturated heterocycles. The van der Waals surface area contributed by atoms with Crippen LogP contribution in [0.1, 0.15) is 76.6 Å². The number of anilines is 5. The quantitative estimate of drug-likeness (QED) is 0.169. The molecule has 3 aliphatic heterocycles. The van der Waals surface area contributed by atoms with E-state index in [4.69, 9.17) is 0 Å². The Labute approximate surface area is 285 Å². The van der Waals surface area contributed by atoms with Crippen LogP contribution in [0.3, 0.4) is 0 Å². The van der Waals surface area contributed by atoms with Gasteiger partial charge in [0.15, 0.2) is 0 Å². The van der Waals surface area contributed by atoms with Gasteiger partial charge in [-0.3, -0.25) is 0 Å². The van der Waals surface area contributed by atoms with Gasteiger partial charge in [0, 0.05) is 33.4 Å². The van der Waals surface area contributed by atoms with Gasteiger partial charge in [-0.15, -0.1) is 0 Å². The van der Waals surface area contributed by atoms with Crippen LogP contribution >= 0.6 is 0 Å². The first-order chi connectivity index (χ1) is 23.1. The molecule has 6 aromatic carbocycles. The molecule has 0 amide bonds. The molecule has 0 N–H and O–H groups in total. The van der Waals surface area contributed by atoms with Gasteiger partial charge in [-0.1, -0.05) is 120 Å². The topological polar surface area (TPSA) is 6.48 Å². The van der Waals surface area contributed by atoms with Gasteiger partial charge >= 0.3 is 6.85 Å². The van der Waals surface area contributed by atoms with Gasteiger partial charge in [-0.05, 0) is 104 Å². The summed E-state index contributed by atoms with van der Waals surface area (Å²) in [7, 11) is 0. The van der Waals surface area contributed by atoms with Gasteiger partial charge in [-0.2, -0.15) is 0 Å². The van der Waals surface area contributed by atoms with Gasteiger partial charge in [0.25, 0.3) is 0 Å². The molecule has 0 aromatic heterocycles. The standard InChI is InChI=1S/C45H41BN2/c1-43(2)23-24-44(3,4)36-27-39-31(26-35(36)43)32-25-28-15-10-11-18-30(28)41-40(32)46(48(39)29-16-8-7-9-17-29)37-21-14-20-34-42(37)47(41)38-22-13-12-19-33(38)45(34,5)6/h7-22,25-27H,23-24H2,1-6H3. The van der Waals surface area contributed by atoms with Crippen molar-refractivity contribution >= 4 is 57.0 Å². The Bertz CT molecular complexity index is 2350. The first-order valence-electron chi connectivity index (χ1n) is 17.7. The highest BCUT2D eigenvalue weighted by Crippen LogP contribution is 2.57. The van der Waals surface area contributed by atoms with Crippen LogP contribution in [0.25, 0.3) is 21.9 Å². The van der Waals surface area contributed by atoms with E-state index >= 15 is 0 Å². The molecule has 0 unspecified atom stereocenters. The van der Waals surface area contributed by atoms with Crippen LogP contribution in [-0.4, -0.2) is 6.85 Å². The fourth-order valence-electron chi connectivity index (χ4n) is 9.77. The van der Waals surface area contributed by atoms with Crippen molar-refractivity contribution in [1.82, 2.24) is 0 Å². The fourth-order valence-corrected chi connectivity index (χ4v) is 9.77. The summed E-state index contributed by atoms with van der Waals surface area (Å²) in [5.41, 5.74) is 17.9. The molecular weight excluding hydrogens is 579 g/mol. The van der Waals surface area contributed by atoms with E-state index in [0.29, 0.717) is 0 Å². The summed E-state index contributed by atoms with van der Waals surface area (Å²) >= 11 is 0. The molecule has 0 fully saturated rings. The lowest BCUT2D eigenvalue weighted by atomic mass is 9.42. The van der Waals surface area contributed by atoms with Crippen molar-refractivity contribution in [3.8, 4) is 11.1 Å². The zero-order chi connectivity index (χ0) is 32.7. The molecule has 10 rings (SSSR count). The Hall–Kier alpha value is -4.76. The molecule has 3 heteroatoms. The van der Waals surface area contributed by atoms with E-state index in [9.17, 15) is 0 Å². The van der Waals surface area contributed by atoms with Crippen molar-refractivity contribution < 1.29 is 0 Å². The normalized spacial score (nSPS) is 18.4. The maximum Gasteiger partial charge on any atom is 0.333 e. The smallest absolute Gasteiger partial charge is 0.333 e. The molecule has 0 spiro atoms. The number of hydrogen-bond acceptors (Lipinski definition) is 2. The van der Waals surface area contributed by atoms with E-state index in [1.54, 1.807) is 0 Å². The number of hydrogen-bond donors (Lipinski definition) is 0. The summed E-state index contributed by atoms with van der Waals surface area (Å²) in [5, 5.41) is 2.61. The minimum absolute atomic E-state index is 0.0273. The third-order valence-corrected chi connectivity index (χ3v) is 12.4. The van der Waals surface area contributed by atoms with Crippen LogP contribution in [0.4, 0.5) is 28.4 Å². The molecule has 4 aliphatic rings. The van der Waals surface area contributed by atoms with Crippen molar-refractivity contribution in [3.05, 3.63) is 138 Å². The van der Waals surface area contributed by atoms with Crippen LogP contribution in [0, 0.1) is 0 Å². The second kappa shape index (κ2) is 9.23. The molecule has 0 saturated carbocycles. The van der Waals surface area contributed by atoms with Crippen molar-refractivity contribution in [2.75, 3.05) is 9.71 Å². The Morgan fingerprint density at radius 1 is 0.542 bits per heavy atom. The third kappa shape index (κ3) is 3.50. The van der Waals surface area contributed by atoms with E-state index in [-0.39, 0.29) is 23.1 Å². The van der Waals surface area contributed by atoms with Crippen LogP contribution in [0.5, 0.6) is 0 Å². The molecule has 0 bridgehead atoms. The third-order valence-electron chi connectivity index (χ3n) is 12.4. The average molecular weight is 621 g/mol. The van der Waals surface area contributed by atoms with Crippen LogP contribution in [0.2, 0.25) is 0 Å². The highest BCUT2D eigenvalue weighted by atomic mass is 15.2. The summed E-state index contributed by atoms with van der Waals surface area (Å²) in [4.78, 5) is 5.33. The van der Waals surface area contributed by atoms with Crippen LogP contribution in [-0.2, 0) is 16.2 Å². The Morgan fingerprint density at radius 2 is 1.21 bits per heavy atom. The van der Waals surface area contributed by atoms with Crippen LogP contribution in [0.15, 0.2) is 115 Å². The molecule has 6 aromatic rings. The zero-order valence-corrected chi connectivity index (χ0v) is 28.9. The number of benzene rings is 6. The number of fused-ring (bicyclic) bond motifs is 9. The van der Waals surface area contributed by atoms with Crippen molar-refractivity contribution in [3.63, 3.8) is 0 Å².